The van der Waals surface area contributed by atoms with Crippen LogP contribution in [0.3, 0.4) is 0 Å². The third-order valence-electron chi connectivity index (χ3n) is 9.38. The van der Waals surface area contributed by atoms with E-state index in [4.69, 9.17) is 28.4 Å². The first-order chi connectivity index (χ1) is 18.5. The van der Waals surface area contributed by atoms with E-state index in [0.29, 0.717) is 19.4 Å². The maximum atomic E-state index is 13.5. The van der Waals surface area contributed by atoms with Gasteiger partial charge in [0.2, 0.25) is 6.10 Å². The number of allylic oxidation sites excluding steroid dienone is 3. The molecule has 10 nitrogen and oxygen atoms in total. The Balaban J connectivity index is 1.54. The van der Waals surface area contributed by atoms with Crippen LogP contribution >= 0.6 is 0 Å². The van der Waals surface area contributed by atoms with Crippen LogP contribution in [0.4, 0.5) is 0 Å². The van der Waals surface area contributed by atoms with Crippen molar-refractivity contribution in [2.75, 3.05) is 19.8 Å². The summed E-state index contributed by atoms with van der Waals surface area (Å²) in [5.41, 5.74) is -0.944. The van der Waals surface area contributed by atoms with Crippen LogP contribution in [-0.2, 0) is 47.6 Å². The monoisotopic (exact) mass is 544 g/mol. The van der Waals surface area contributed by atoms with Gasteiger partial charge in [0, 0.05) is 36.8 Å². The summed E-state index contributed by atoms with van der Waals surface area (Å²) >= 11 is 0. The Morgan fingerprint density at radius 1 is 1.05 bits per heavy atom. The van der Waals surface area contributed by atoms with E-state index < -0.39 is 58.4 Å². The van der Waals surface area contributed by atoms with E-state index in [1.807, 2.05) is 6.92 Å². The fraction of sp³-hybridized carbons (Fsp3) is 0.655. The SMILES string of the molecule is CC(=O)OC1C(=O)OCC23CCC(C)=CC2OC2CC(OC(=O)/C=C/C=C/C(=O)OCCC1C)C3(C)C21CO1. The Labute approximate surface area is 227 Å². The summed E-state index contributed by atoms with van der Waals surface area (Å²) in [4.78, 5) is 50.2. The van der Waals surface area contributed by atoms with Gasteiger partial charge in [-0.25, -0.2) is 14.4 Å². The van der Waals surface area contributed by atoms with E-state index in [2.05, 4.69) is 13.0 Å². The molecule has 8 atom stereocenters. The molecule has 10 heteroatoms. The highest BCUT2D eigenvalue weighted by Gasteiger charge is 2.83. The number of cyclic esters (lactones) is 2. The van der Waals surface area contributed by atoms with Gasteiger partial charge in [0.25, 0.3) is 0 Å². The van der Waals surface area contributed by atoms with Crippen LogP contribution in [0.2, 0.25) is 0 Å². The summed E-state index contributed by atoms with van der Waals surface area (Å²) in [6.45, 7) is 7.51. The van der Waals surface area contributed by atoms with E-state index in [0.717, 1.165) is 6.42 Å². The average molecular weight is 545 g/mol. The maximum Gasteiger partial charge on any atom is 0.347 e. The van der Waals surface area contributed by atoms with Gasteiger partial charge in [-0.3, -0.25) is 4.79 Å². The molecule has 0 aromatic heterocycles. The summed E-state index contributed by atoms with van der Waals surface area (Å²) in [5.74, 6) is -2.94. The minimum absolute atomic E-state index is 0.00601. The molecule has 3 fully saturated rings. The molecule has 0 aromatic carbocycles. The standard InChI is InChI=1S/C29H36O10/c1-17-9-11-28-15-35-26(33)25(37-19(3)30)18(2)10-12-34-23(31)7-5-6-8-24(32)39-20-14-22(38-21(28)13-17)29(16-36-29)27(20,28)4/h5-8,13,18,20-22,25H,9-12,14-16H2,1-4H3/b7-5+,8-6+. The van der Waals surface area contributed by atoms with Crippen LogP contribution in [0, 0.1) is 16.7 Å². The van der Waals surface area contributed by atoms with Crippen LogP contribution in [0.15, 0.2) is 36.0 Å². The highest BCUT2D eigenvalue weighted by molar-refractivity contribution is 5.84. The van der Waals surface area contributed by atoms with Crippen LogP contribution in [0.25, 0.3) is 0 Å². The van der Waals surface area contributed by atoms with Gasteiger partial charge in [-0.1, -0.05) is 37.6 Å². The first-order valence-corrected chi connectivity index (χ1v) is 13.5. The molecule has 0 aromatic rings. The molecule has 212 valence electrons. The quantitative estimate of drug-likeness (QED) is 0.210. The Bertz CT molecular complexity index is 1130. The smallest absolute Gasteiger partial charge is 0.347 e. The topological polar surface area (TPSA) is 127 Å². The van der Waals surface area contributed by atoms with Crippen LogP contribution < -0.4 is 0 Å². The van der Waals surface area contributed by atoms with Gasteiger partial charge in [0.15, 0.2) is 0 Å². The van der Waals surface area contributed by atoms with Crippen molar-refractivity contribution < 1.29 is 47.6 Å². The summed E-state index contributed by atoms with van der Waals surface area (Å²) in [6, 6.07) is 0. The van der Waals surface area contributed by atoms with E-state index in [-0.39, 0.29) is 31.8 Å². The second-order valence-electron chi connectivity index (χ2n) is 11.5. The fourth-order valence-electron chi connectivity index (χ4n) is 6.98. The third-order valence-corrected chi connectivity index (χ3v) is 9.38. The summed E-state index contributed by atoms with van der Waals surface area (Å²) in [5, 5.41) is 0. The Morgan fingerprint density at radius 3 is 2.46 bits per heavy atom. The molecule has 3 heterocycles. The number of esters is 4. The molecule has 8 unspecified atom stereocenters. The number of ether oxygens (including phenoxy) is 6. The average Bonchev–Trinajstić information content (AvgIpc) is 3.66. The van der Waals surface area contributed by atoms with Crippen molar-refractivity contribution in [3.63, 3.8) is 0 Å². The lowest BCUT2D eigenvalue weighted by Gasteiger charge is -2.58. The molecular formula is C29H36O10. The molecule has 2 aliphatic carbocycles. The predicted octanol–water partition coefficient (Wildman–Crippen LogP) is 2.74. The second kappa shape index (κ2) is 10.2. The van der Waals surface area contributed by atoms with Crippen molar-refractivity contribution in [1.82, 2.24) is 0 Å². The highest BCUT2D eigenvalue weighted by Crippen LogP contribution is 2.72. The Hall–Kier alpha value is -2.98. The van der Waals surface area contributed by atoms with E-state index >= 15 is 0 Å². The van der Waals surface area contributed by atoms with Crippen LogP contribution in [0.5, 0.6) is 0 Å². The highest BCUT2D eigenvalue weighted by atomic mass is 16.6. The minimum Gasteiger partial charge on any atom is -0.463 e. The number of hydrogen-bond donors (Lipinski definition) is 0. The number of carbonyl (C=O) groups is 4. The van der Waals surface area contributed by atoms with Crippen molar-refractivity contribution in [1.29, 1.82) is 0 Å². The summed E-state index contributed by atoms with van der Waals surface area (Å²) < 4.78 is 35.3. The van der Waals surface area contributed by atoms with Gasteiger partial charge in [0.05, 0.1) is 30.8 Å². The molecule has 2 bridgehead atoms. The predicted molar refractivity (Wildman–Crippen MR) is 135 cm³/mol. The molecule has 5 aliphatic rings. The summed E-state index contributed by atoms with van der Waals surface area (Å²) in [6.07, 6.45) is 7.10. The van der Waals surface area contributed by atoms with Crippen molar-refractivity contribution >= 4 is 23.9 Å². The number of carbonyl (C=O) groups excluding carboxylic acids is 4. The molecule has 2 spiro atoms. The van der Waals surface area contributed by atoms with Gasteiger partial charge < -0.3 is 28.4 Å². The van der Waals surface area contributed by atoms with E-state index in [9.17, 15) is 19.2 Å². The fourth-order valence-corrected chi connectivity index (χ4v) is 6.98. The molecular weight excluding hydrogens is 508 g/mol. The molecule has 5 rings (SSSR count). The molecule has 2 saturated heterocycles. The van der Waals surface area contributed by atoms with E-state index in [1.54, 1.807) is 6.92 Å². The van der Waals surface area contributed by atoms with Crippen molar-refractivity contribution in [2.45, 2.75) is 83.4 Å². The number of epoxide rings is 1. The summed E-state index contributed by atoms with van der Waals surface area (Å²) in [7, 11) is 0. The van der Waals surface area contributed by atoms with Crippen molar-refractivity contribution in [2.24, 2.45) is 16.7 Å². The molecule has 0 amide bonds. The van der Waals surface area contributed by atoms with Gasteiger partial charge in [-0.15, -0.1) is 0 Å². The van der Waals surface area contributed by atoms with Gasteiger partial charge in [-0.05, 0) is 26.2 Å². The third kappa shape index (κ3) is 4.61. The lowest BCUT2D eigenvalue weighted by molar-refractivity contribution is -0.235. The van der Waals surface area contributed by atoms with E-state index in [1.165, 1.54) is 36.8 Å². The maximum absolute atomic E-state index is 13.5. The molecule has 1 saturated carbocycles. The lowest BCUT2D eigenvalue weighted by Crippen LogP contribution is -2.67. The van der Waals surface area contributed by atoms with Crippen LogP contribution in [0.1, 0.15) is 53.4 Å². The number of rotatable bonds is 1. The number of hydrogen-bond acceptors (Lipinski definition) is 10. The Morgan fingerprint density at radius 2 is 1.77 bits per heavy atom. The first kappa shape index (κ1) is 27.6. The zero-order valence-electron chi connectivity index (χ0n) is 22.8. The first-order valence-electron chi connectivity index (χ1n) is 13.5. The molecule has 3 aliphatic heterocycles. The van der Waals surface area contributed by atoms with Crippen molar-refractivity contribution in [3.8, 4) is 0 Å². The molecule has 39 heavy (non-hydrogen) atoms. The zero-order chi connectivity index (χ0) is 28.0. The largest absolute Gasteiger partial charge is 0.463 e. The normalized spacial score (nSPS) is 43.9. The van der Waals surface area contributed by atoms with Crippen LogP contribution in [-0.4, -0.2) is 73.7 Å². The minimum atomic E-state index is -1.18. The van der Waals surface area contributed by atoms with Gasteiger partial charge in [-0.2, -0.15) is 0 Å². The van der Waals surface area contributed by atoms with Gasteiger partial charge >= 0.3 is 23.9 Å². The molecule has 0 N–H and O–H groups in total. The Kier molecular flexibility index (Phi) is 7.22. The second-order valence-corrected chi connectivity index (χ2v) is 11.5. The lowest BCUT2D eigenvalue weighted by atomic mass is 9.51. The zero-order valence-corrected chi connectivity index (χ0v) is 22.8. The van der Waals surface area contributed by atoms with Gasteiger partial charge in [0.1, 0.15) is 18.3 Å². The van der Waals surface area contributed by atoms with Crippen molar-refractivity contribution in [3.05, 3.63) is 36.0 Å². The molecule has 0 radical (unpaired) electrons.